The molecule has 0 bridgehead atoms. The second-order valence-electron chi connectivity index (χ2n) is 5.65. The lowest BCUT2D eigenvalue weighted by Crippen LogP contribution is -2.38. The summed E-state index contributed by atoms with van der Waals surface area (Å²) in [6, 6.07) is 7.97. The van der Waals surface area contributed by atoms with Crippen LogP contribution in [0.2, 0.25) is 0 Å². The Morgan fingerprint density at radius 2 is 2.25 bits per heavy atom. The van der Waals surface area contributed by atoms with Gasteiger partial charge in [-0.1, -0.05) is 29.5 Å². The molecule has 128 valence electrons. The maximum Gasteiger partial charge on any atom is 0.234 e. The van der Waals surface area contributed by atoms with E-state index in [0.29, 0.717) is 24.8 Å². The number of para-hydroxylation sites is 1. The second-order valence-corrected chi connectivity index (χ2v) is 6.75. The van der Waals surface area contributed by atoms with Crippen LogP contribution in [0.15, 0.2) is 24.3 Å². The first kappa shape index (κ1) is 16.7. The van der Waals surface area contributed by atoms with Crippen molar-refractivity contribution in [1.29, 1.82) is 0 Å². The molecule has 3 N–H and O–H groups in total. The van der Waals surface area contributed by atoms with Crippen LogP contribution in [-0.4, -0.2) is 47.2 Å². The molecule has 1 aromatic heterocycles. The lowest BCUT2D eigenvalue weighted by molar-refractivity contribution is -0.122. The van der Waals surface area contributed by atoms with Gasteiger partial charge in [0.1, 0.15) is 17.4 Å². The molecule has 2 heterocycles. The Bertz CT molecular complexity index is 691. The fourth-order valence-electron chi connectivity index (χ4n) is 2.61. The van der Waals surface area contributed by atoms with Crippen LogP contribution in [0.3, 0.4) is 0 Å². The largest absolute Gasteiger partial charge is 0.492 e. The summed E-state index contributed by atoms with van der Waals surface area (Å²) >= 11 is 1.39. The summed E-state index contributed by atoms with van der Waals surface area (Å²) in [6.07, 6.45) is 1.60. The number of rotatable bonds is 6. The minimum atomic E-state index is 0.0335. The summed E-state index contributed by atoms with van der Waals surface area (Å²) in [7, 11) is 0. The molecule has 0 saturated heterocycles. The SMILES string of the molecule is Nc1nnc(CCCNC(=O)CN2CCOc3ccccc3C2)s1. The van der Waals surface area contributed by atoms with E-state index in [1.54, 1.807) is 0 Å². The summed E-state index contributed by atoms with van der Waals surface area (Å²) in [4.78, 5) is 14.2. The average Bonchev–Trinajstić information content (AvgIpc) is 2.87. The van der Waals surface area contributed by atoms with Gasteiger partial charge in [-0.15, -0.1) is 10.2 Å². The van der Waals surface area contributed by atoms with Crippen molar-refractivity contribution in [2.75, 3.05) is 32.0 Å². The number of nitrogen functional groups attached to an aromatic ring is 1. The standard InChI is InChI=1S/C16H21N5O2S/c17-16-20-19-15(24-16)6-3-7-18-14(22)11-21-8-9-23-13-5-2-1-4-12(13)10-21/h1-2,4-5H,3,6-11H2,(H2,17,20)(H,18,22). The molecule has 7 nitrogen and oxygen atoms in total. The molecule has 1 aromatic carbocycles. The minimum Gasteiger partial charge on any atom is -0.492 e. The maximum absolute atomic E-state index is 12.1. The number of carbonyl (C=O) groups is 1. The third-order valence-electron chi connectivity index (χ3n) is 3.77. The van der Waals surface area contributed by atoms with Crippen LogP contribution < -0.4 is 15.8 Å². The van der Waals surface area contributed by atoms with Crippen molar-refractivity contribution in [2.45, 2.75) is 19.4 Å². The number of nitrogens with one attached hydrogen (secondary N) is 1. The van der Waals surface area contributed by atoms with Crippen LogP contribution in [-0.2, 0) is 17.8 Å². The van der Waals surface area contributed by atoms with Crippen LogP contribution in [0.25, 0.3) is 0 Å². The molecule has 1 aliphatic heterocycles. The van der Waals surface area contributed by atoms with Crippen molar-refractivity contribution < 1.29 is 9.53 Å². The van der Waals surface area contributed by atoms with Crippen LogP contribution >= 0.6 is 11.3 Å². The van der Waals surface area contributed by atoms with Crippen molar-refractivity contribution >= 4 is 22.4 Å². The molecule has 0 spiro atoms. The number of amides is 1. The molecule has 24 heavy (non-hydrogen) atoms. The lowest BCUT2D eigenvalue weighted by atomic mass is 10.2. The topological polar surface area (TPSA) is 93.4 Å². The van der Waals surface area contributed by atoms with Gasteiger partial charge in [-0.2, -0.15) is 0 Å². The number of hydrogen-bond donors (Lipinski definition) is 2. The van der Waals surface area contributed by atoms with Gasteiger partial charge in [0.05, 0.1) is 6.54 Å². The number of benzene rings is 1. The Hall–Kier alpha value is -2.19. The highest BCUT2D eigenvalue weighted by Gasteiger charge is 2.17. The van der Waals surface area contributed by atoms with Crippen molar-refractivity contribution in [1.82, 2.24) is 20.4 Å². The number of nitrogens with zero attached hydrogens (tertiary/aromatic N) is 3. The highest BCUT2D eigenvalue weighted by molar-refractivity contribution is 7.15. The first-order chi connectivity index (χ1) is 11.7. The number of nitrogens with two attached hydrogens (primary N) is 1. The van der Waals surface area contributed by atoms with Gasteiger partial charge in [0.15, 0.2) is 0 Å². The second kappa shape index (κ2) is 8.07. The predicted molar refractivity (Wildman–Crippen MR) is 92.9 cm³/mol. The van der Waals surface area contributed by atoms with E-state index in [-0.39, 0.29) is 5.91 Å². The number of aryl methyl sites for hydroxylation is 1. The first-order valence-corrected chi connectivity index (χ1v) is 8.80. The molecule has 0 atom stereocenters. The summed E-state index contributed by atoms with van der Waals surface area (Å²) in [5.74, 6) is 0.947. The Kier molecular flexibility index (Phi) is 5.60. The quantitative estimate of drug-likeness (QED) is 0.759. The van der Waals surface area contributed by atoms with Gasteiger partial charge in [-0.25, -0.2) is 0 Å². The van der Waals surface area contributed by atoms with Crippen molar-refractivity contribution in [3.8, 4) is 5.75 Å². The summed E-state index contributed by atoms with van der Waals surface area (Å²) in [6.45, 7) is 3.07. The van der Waals surface area contributed by atoms with Crippen LogP contribution in [0.4, 0.5) is 5.13 Å². The monoisotopic (exact) mass is 347 g/mol. The van der Waals surface area contributed by atoms with Gasteiger partial charge < -0.3 is 15.8 Å². The first-order valence-electron chi connectivity index (χ1n) is 7.98. The molecular formula is C16H21N5O2S. The molecular weight excluding hydrogens is 326 g/mol. The third-order valence-corrected chi connectivity index (χ3v) is 4.58. The smallest absolute Gasteiger partial charge is 0.234 e. The molecule has 0 saturated carbocycles. The minimum absolute atomic E-state index is 0.0335. The molecule has 8 heteroatoms. The van der Waals surface area contributed by atoms with Gasteiger partial charge >= 0.3 is 0 Å². The van der Waals surface area contributed by atoms with E-state index in [2.05, 4.69) is 20.4 Å². The van der Waals surface area contributed by atoms with E-state index in [9.17, 15) is 4.79 Å². The van der Waals surface area contributed by atoms with Crippen LogP contribution in [0, 0.1) is 0 Å². The Morgan fingerprint density at radius 1 is 1.38 bits per heavy atom. The van der Waals surface area contributed by atoms with E-state index in [0.717, 1.165) is 42.3 Å². The van der Waals surface area contributed by atoms with E-state index >= 15 is 0 Å². The number of hydrogen-bond acceptors (Lipinski definition) is 7. The summed E-state index contributed by atoms with van der Waals surface area (Å²) < 4.78 is 5.71. The fraction of sp³-hybridized carbons (Fsp3) is 0.438. The van der Waals surface area contributed by atoms with Crippen LogP contribution in [0.5, 0.6) is 5.75 Å². The molecule has 1 amide bonds. The number of aromatic nitrogens is 2. The lowest BCUT2D eigenvalue weighted by Gasteiger charge is -2.18. The molecule has 0 fully saturated rings. The Morgan fingerprint density at radius 3 is 3.08 bits per heavy atom. The van der Waals surface area contributed by atoms with Gasteiger partial charge in [-0.05, 0) is 12.5 Å². The van der Waals surface area contributed by atoms with Crippen molar-refractivity contribution in [3.05, 3.63) is 34.8 Å². The number of ether oxygens (including phenoxy) is 1. The van der Waals surface area contributed by atoms with Crippen molar-refractivity contribution in [3.63, 3.8) is 0 Å². The summed E-state index contributed by atoms with van der Waals surface area (Å²) in [5.41, 5.74) is 6.66. The highest BCUT2D eigenvalue weighted by atomic mass is 32.1. The van der Waals surface area contributed by atoms with E-state index in [1.807, 2.05) is 24.3 Å². The summed E-state index contributed by atoms with van der Waals surface area (Å²) in [5, 5.41) is 12.1. The fourth-order valence-corrected chi connectivity index (χ4v) is 3.26. The van der Waals surface area contributed by atoms with E-state index in [1.165, 1.54) is 11.3 Å². The third kappa shape index (κ3) is 4.65. The van der Waals surface area contributed by atoms with E-state index < -0.39 is 0 Å². The Labute approximate surface area is 144 Å². The molecule has 0 radical (unpaired) electrons. The van der Waals surface area contributed by atoms with E-state index in [4.69, 9.17) is 10.5 Å². The highest BCUT2D eigenvalue weighted by Crippen LogP contribution is 2.22. The zero-order valence-corrected chi connectivity index (χ0v) is 14.2. The van der Waals surface area contributed by atoms with Crippen LogP contribution in [0.1, 0.15) is 17.0 Å². The van der Waals surface area contributed by atoms with Gasteiger partial charge in [-0.3, -0.25) is 9.69 Å². The number of carbonyl (C=O) groups excluding carboxylic acids is 1. The average molecular weight is 347 g/mol. The number of anilines is 1. The molecule has 1 aliphatic rings. The normalized spacial score (nSPS) is 14.5. The molecule has 3 rings (SSSR count). The Balaban J connectivity index is 1.40. The maximum atomic E-state index is 12.1. The predicted octanol–water partition coefficient (Wildman–Crippen LogP) is 1.06. The molecule has 0 aliphatic carbocycles. The van der Waals surface area contributed by atoms with Crippen molar-refractivity contribution in [2.24, 2.45) is 0 Å². The zero-order valence-electron chi connectivity index (χ0n) is 13.4. The van der Waals surface area contributed by atoms with Gasteiger partial charge in [0, 0.05) is 31.6 Å². The number of fused-ring (bicyclic) bond motifs is 1. The molecule has 0 unspecified atom stereocenters. The van der Waals surface area contributed by atoms with Gasteiger partial charge in [0.2, 0.25) is 11.0 Å². The van der Waals surface area contributed by atoms with Gasteiger partial charge in [0.25, 0.3) is 0 Å². The zero-order chi connectivity index (χ0) is 16.8. The molecule has 2 aromatic rings.